The average Bonchev–Trinajstić information content (AvgIpc) is 2.73. The summed E-state index contributed by atoms with van der Waals surface area (Å²) in [6, 6.07) is -0.159. The van der Waals surface area contributed by atoms with Gasteiger partial charge < -0.3 is 10.4 Å². The van der Waals surface area contributed by atoms with Crippen LogP contribution < -0.4 is 5.32 Å². The number of aromatic nitrogens is 2. The number of carbonyl (C=O) groups is 2. The number of aliphatic carboxylic acids is 1. The number of hydrogen-bond acceptors (Lipinski definition) is 3. The van der Waals surface area contributed by atoms with Gasteiger partial charge in [0, 0.05) is 32.1 Å². The van der Waals surface area contributed by atoms with Crippen LogP contribution in [0.5, 0.6) is 0 Å². The molecule has 1 atom stereocenters. The van der Waals surface area contributed by atoms with Crippen LogP contribution in [0, 0.1) is 0 Å². The average molecular weight is 253 g/mol. The van der Waals surface area contributed by atoms with Gasteiger partial charge in [0.15, 0.2) is 0 Å². The summed E-state index contributed by atoms with van der Waals surface area (Å²) in [6.45, 7) is 4.22. The van der Waals surface area contributed by atoms with Crippen molar-refractivity contribution in [2.45, 2.75) is 45.7 Å². The van der Waals surface area contributed by atoms with Crippen LogP contribution in [-0.4, -0.2) is 32.8 Å². The first-order chi connectivity index (χ1) is 8.51. The highest BCUT2D eigenvalue weighted by Gasteiger charge is 2.13. The Morgan fingerprint density at radius 2 is 2.28 bits per heavy atom. The Labute approximate surface area is 106 Å². The number of nitrogens with zero attached hydrogens (tertiary/aromatic N) is 2. The molecule has 1 aromatic rings. The molecule has 0 aliphatic carbocycles. The fraction of sp³-hybridized carbons (Fsp3) is 0.583. The molecule has 6 nitrogen and oxygen atoms in total. The lowest BCUT2D eigenvalue weighted by Gasteiger charge is -2.15. The van der Waals surface area contributed by atoms with E-state index in [0.717, 1.165) is 12.1 Å². The molecule has 0 spiro atoms. The highest BCUT2D eigenvalue weighted by Crippen LogP contribution is 2.07. The third kappa shape index (κ3) is 4.99. The van der Waals surface area contributed by atoms with Crippen molar-refractivity contribution in [1.29, 1.82) is 0 Å². The molecular weight excluding hydrogens is 234 g/mol. The number of aryl methyl sites for hydroxylation is 1. The lowest BCUT2D eigenvalue weighted by molar-refractivity contribution is -0.137. The summed E-state index contributed by atoms with van der Waals surface area (Å²) < 4.78 is 1.80. The first-order valence-electron chi connectivity index (χ1n) is 6.01. The van der Waals surface area contributed by atoms with E-state index in [1.807, 2.05) is 13.1 Å². The van der Waals surface area contributed by atoms with Gasteiger partial charge in [-0.1, -0.05) is 0 Å². The maximum Gasteiger partial charge on any atom is 0.303 e. The molecule has 0 aliphatic rings. The Morgan fingerprint density at radius 1 is 1.56 bits per heavy atom. The number of carbonyl (C=O) groups excluding carboxylic acids is 1. The molecule has 1 heterocycles. The molecule has 100 valence electrons. The zero-order valence-corrected chi connectivity index (χ0v) is 10.7. The largest absolute Gasteiger partial charge is 0.481 e. The lowest BCUT2D eigenvalue weighted by Crippen LogP contribution is -2.35. The maximum absolute atomic E-state index is 11.1. The fourth-order valence-electron chi connectivity index (χ4n) is 1.78. The Kier molecular flexibility index (Phi) is 5.35. The molecule has 0 saturated heterocycles. The number of carboxylic acids is 1. The number of rotatable bonds is 7. The number of nitrogens with one attached hydrogen (secondary N) is 1. The zero-order chi connectivity index (χ0) is 13.5. The minimum absolute atomic E-state index is 0.0485. The predicted octanol–water partition coefficient (Wildman–Crippen LogP) is 0.815. The first-order valence-corrected chi connectivity index (χ1v) is 6.01. The van der Waals surface area contributed by atoms with Gasteiger partial charge in [-0.2, -0.15) is 5.10 Å². The number of hydrogen-bond donors (Lipinski definition) is 2. The van der Waals surface area contributed by atoms with Crippen molar-refractivity contribution in [3.8, 4) is 0 Å². The Morgan fingerprint density at radius 3 is 2.78 bits per heavy atom. The van der Waals surface area contributed by atoms with Crippen LogP contribution in [0.25, 0.3) is 0 Å². The van der Waals surface area contributed by atoms with Crippen LogP contribution in [0.3, 0.4) is 0 Å². The first kappa shape index (κ1) is 14.2. The molecule has 6 heteroatoms. The Bertz CT molecular complexity index is 414. The molecule has 1 rings (SSSR count). The van der Waals surface area contributed by atoms with E-state index in [0.29, 0.717) is 12.8 Å². The summed E-state index contributed by atoms with van der Waals surface area (Å²) in [5.41, 5.74) is 1.00. The number of amides is 1. The summed E-state index contributed by atoms with van der Waals surface area (Å²) in [5.74, 6) is -0.997. The van der Waals surface area contributed by atoms with E-state index in [-0.39, 0.29) is 18.4 Å². The smallest absolute Gasteiger partial charge is 0.303 e. The van der Waals surface area contributed by atoms with E-state index in [2.05, 4.69) is 10.4 Å². The molecule has 0 bridgehead atoms. The molecular formula is C12H19N3O3. The monoisotopic (exact) mass is 253 g/mol. The van der Waals surface area contributed by atoms with Crippen molar-refractivity contribution in [2.24, 2.45) is 0 Å². The molecule has 2 N–H and O–H groups in total. The van der Waals surface area contributed by atoms with Gasteiger partial charge in [-0.15, -0.1) is 0 Å². The lowest BCUT2D eigenvalue weighted by atomic mass is 10.0. The second-order valence-corrected chi connectivity index (χ2v) is 4.24. The van der Waals surface area contributed by atoms with Gasteiger partial charge in [0.2, 0.25) is 5.91 Å². The van der Waals surface area contributed by atoms with Crippen LogP contribution in [0.1, 0.15) is 32.3 Å². The van der Waals surface area contributed by atoms with E-state index in [4.69, 9.17) is 5.11 Å². The van der Waals surface area contributed by atoms with Crippen LogP contribution in [0.4, 0.5) is 0 Å². The van der Waals surface area contributed by atoms with E-state index in [1.165, 1.54) is 6.92 Å². The van der Waals surface area contributed by atoms with Gasteiger partial charge >= 0.3 is 5.97 Å². The van der Waals surface area contributed by atoms with Crippen LogP contribution in [-0.2, 0) is 22.6 Å². The molecule has 18 heavy (non-hydrogen) atoms. The zero-order valence-electron chi connectivity index (χ0n) is 10.7. The molecule has 1 aromatic heterocycles. The highest BCUT2D eigenvalue weighted by molar-refractivity contribution is 5.73. The quantitative estimate of drug-likeness (QED) is 0.753. The van der Waals surface area contributed by atoms with Crippen molar-refractivity contribution in [3.63, 3.8) is 0 Å². The van der Waals surface area contributed by atoms with Gasteiger partial charge in [0.05, 0.1) is 6.20 Å². The van der Waals surface area contributed by atoms with Crippen molar-refractivity contribution in [3.05, 3.63) is 18.0 Å². The Hall–Kier alpha value is -1.85. The highest BCUT2D eigenvalue weighted by atomic mass is 16.4. The van der Waals surface area contributed by atoms with Crippen LogP contribution in [0.2, 0.25) is 0 Å². The number of carboxylic acid groups (broad SMARTS) is 1. The van der Waals surface area contributed by atoms with Gasteiger partial charge in [0.25, 0.3) is 0 Å². The summed E-state index contributed by atoms with van der Waals surface area (Å²) in [4.78, 5) is 21.6. The van der Waals surface area contributed by atoms with Crippen molar-refractivity contribution < 1.29 is 14.7 Å². The molecule has 0 radical (unpaired) electrons. The van der Waals surface area contributed by atoms with Crippen LogP contribution in [0.15, 0.2) is 12.4 Å². The van der Waals surface area contributed by atoms with Crippen molar-refractivity contribution >= 4 is 11.9 Å². The van der Waals surface area contributed by atoms with E-state index in [1.54, 1.807) is 10.9 Å². The molecule has 1 amide bonds. The molecule has 0 saturated carbocycles. The Balaban J connectivity index is 2.58. The fourth-order valence-corrected chi connectivity index (χ4v) is 1.78. The van der Waals surface area contributed by atoms with Gasteiger partial charge in [-0.05, 0) is 25.3 Å². The van der Waals surface area contributed by atoms with Gasteiger partial charge in [0.1, 0.15) is 0 Å². The minimum atomic E-state index is -0.852. The van der Waals surface area contributed by atoms with E-state index in [9.17, 15) is 9.59 Å². The third-order valence-electron chi connectivity index (χ3n) is 2.61. The third-order valence-corrected chi connectivity index (χ3v) is 2.61. The second-order valence-electron chi connectivity index (χ2n) is 4.24. The second kappa shape index (κ2) is 6.78. The van der Waals surface area contributed by atoms with Crippen LogP contribution >= 0.6 is 0 Å². The van der Waals surface area contributed by atoms with Crippen molar-refractivity contribution in [2.75, 3.05) is 0 Å². The van der Waals surface area contributed by atoms with E-state index >= 15 is 0 Å². The topological polar surface area (TPSA) is 84.2 Å². The molecule has 1 unspecified atom stereocenters. The van der Waals surface area contributed by atoms with Gasteiger partial charge in [-0.3, -0.25) is 14.3 Å². The summed E-state index contributed by atoms with van der Waals surface area (Å²) >= 11 is 0. The van der Waals surface area contributed by atoms with Crippen molar-refractivity contribution in [1.82, 2.24) is 15.1 Å². The predicted molar refractivity (Wildman–Crippen MR) is 66.1 cm³/mol. The summed E-state index contributed by atoms with van der Waals surface area (Å²) in [7, 11) is 0. The molecule has 0 aliphatic heterocycles. The maximum atomic E-state index is 11.1. The normalized spacial score (nSPS) is 12.1. The minimum Gasteiger partial charge on any atom is -0.481 e. The SMILES string of the molecule is CCn1cc(CC(CCC(=O)O)NC(C)=O)cn1. The molecule has 0 aromatic carbocycles. The summed E-state index contributed by atoms with van der Waals surface area (Å²) in [5, 5.41) is 15.6. The summed E-state index contributed by atoms with van der Waals surface area (Å²) in [6.07, 6.45) is 4.74. The molecule has 0 fully saturated rings. The van der Waals surface area contributed by atoms with E-state index < -0.39 is 5.97 Å². The standard InChI is InChI=1S/C12H19N3O3/c1-3-15-8-10(7-13-15)6-11(14-9(2)16)4-5-12(17)18/h7-8,11H,3-6H2,1-2H3,(H,14,16)(H,17,18). The van der Waals surface area contributed by atoms with Gasteiger partial charge in [-0.25, -0.2) is 0 Å².